The van der Waals surface area contributed by atoms with Crippen molar-refractivity contribution in [3.8, 4) is 0 Å². The summed E-state index contributed by atoms with van der Waals surface area (Å²) in [7, 11) is 0. The lowest BCUT2D eigenvalue weighted by atomic mass is 9.55. The lowest BCUT2D eigenvalue weighted by Gasteiger charge is -2.49. The van der Waals surface area contributed by atoms with Crippen LogP contribution in [0.15, 0.2) is 65.4 Å². The van der Waals surface area contributed by atoms with Crippen LogP contribution in [0.3, 0.4) is 0 Å². The van der Waals surface area contributed by atoms with Crippen LogP contribution in [0.1, 0.15) is 95.5 Å². The van der Waals surface area contributed by atoms with Crippen LogP contribution >= 0.6 is 0 Å². The van der Waals surface area contributed by atoms with Gasteiger partial charge in [-0.3, -0.25) is 4.79 Å². The minimum Gasteiger partial charge on any atom is -0.364 e. The summed E-state index contributed by atoms with van der Waals surface area (Å²) in [6.07, 6.45) is 10.7. The number of unbranched alkanes of at least 4 members (excludes halogenated alkanes) is 2. The number of carbonyl (C=O) groups is 2. The molecule has 3 rings (SSSR count). The molecule has 1 fully saturated rings. The number of fused-ring (bicyclic) bond motifs is 1. The molecule has 2 N–H and O–H groups in total. The zero-order valence-electron chi connectivity index (χ0n) is 24.1. The van der Waals surface area contributed by atoms with Crippen LogP contribution in [0.4, 0.5) is 0 Å². The summed E-state index contributed by atoms with van der Waals surface area (Å²) >= 11 is 0. The van der Waals surface area contributed by atoms with Crippen LogP contribution in [0.2, 0.25) is 0 Å². The van der Waals surface area contributed by atoms with E-state index >= 15 is 0 Å². The maximum absolute atomic E-state index is 12.8. The number of aliphatic hydroxyl groups excluding tert-OH is 1. The molecule has 7 heteroatoms. The number of hydroxylamine groups is 1. The first-order chi connectivity index (χ1) is 18.5. The van der Waals surface area contributed by atoms with E-state index < -0.39 is 18.2 Å². The number of amides is 1. The number of oxime groups is 1. The molecule has 2 aliphatic rings. The number of allylic oxidation sites excluding steroid dienone is 4. The predicted molar refractivity (Wildman–Crippen MR) is 154 cm³/mol. The lowest BCUT2D eigenvalue weighted by Crippen LogP contribution is -2.43. The molecular weight excluding hydrogens is 492 g/mol. The molecule has 1 aromatic carbocycles. The Kier molecular flexibility index (Phi) is 10.3. The first-order valence-electron chi connectivity index (χ1n) is 14.0. The van der Waals surface area contributed by atoms with Crippen molar-refractivity contribution in [2.75, 3.05) is 0 Å². The average Bonchev–Trinajstić information content (AvgIpc) is 2.89. The monoisotopic (exact) mass is 536 g/mol. The third kappa shape index (κ3) is 7.91. The molecule has 1 amide bonds. The van der Waals surface area contributed by atoms with Crippen LogP contribution in [0, 0.1) is 16.7 Å². The third-order valence-electron chi connectivity index (χ3n) is 7.80. The highest BCUT2D eigenvalue weighted by atomic mass is 16.7. The summed E-state index contributed by atoms with van der Waals surface area (Å²) in [5, 5.41) is 14.8. The van der Waals surface area contributed by atoms with Crippen molar-refractivity contribution in [1.29, 1.82) is 0 Å². The second kappa shape index (κ2) is 13.2. The smallest absolute Gasteiger partial charge is 0.363 e. The molecule has 0 aliphatic heterocycles. The van der Waals surface area contributed by atoms with Crippen LogP contribution in [0.25, 0.3) is 0 Å². The van der Waals surface area contributed by atoms with Crippen molar-refractivity contribution < 1.29 is 24.4 Å². The van der Waals surface area contributed by atoms with Gasteiger partial charge in [0.2, 0.25) is 6.29 Å². The number of rotatable bonds is 11. The number of aliphatic hydroxyl groups is 1. The molecule has 0 radical (unpaired) electrons. The number of carbonyl (C=O) groups excluding carboxylic acids is 2. The van der Waals surface area contributed by atoms with Crippen molar-refractivity contribution in [3.63, 3.8) is 0 Å². The Morgan fingerprint density at radius 1 is 1.18 bits per heavy atom. The topological polar surface area (TPSA) is 97.2 Å². The first-order valence-corrected chi connectivity index (χ1v) is 14.0. The van der Waals surface area contributed by atoms with Crippen LogP contribution in [-0.4, -0.2) is 29.0 Å². The third-order valence-corrected chi connectivity index (χ3v) is 7.80. The Morgan fingerprint density at radius 2 is 1.92 bits per heavy atom. The van der Waals surface area contributed by atoms with Gasteiger partial charge in [0.15, 0.2) is 0 Å². The van der Waals surface area contributed by atoms with Crippen molar-refractivity contribution in [3.05, 3.63) is 71.3 Å². The molecule has 2 unspecified atom stereocenters. The highest BCUT2D eigenvalue weighted by Crippen LogP contribution is 2.54. The van der Waals surface area contributed by atoms with Crippen molar-refractivity contribution in [1.82, 2.24) is 5.48 Å². The molecule has 212 valence electrons. The zero-order valence-corrected chi connectivity index (χ0v) is 24.1. The van der Waals surface area contributed by atoms with Gasteiger partial charge in [-0.2, -0.15) is 5.48 Å². The number of nitrogens with zero attached hydrogens (tertiary/aromatic N) is 1. The SMILES string of the molecule is C=CCc1ccccc1C(=O)ONC(=O)CC1=CC(=NOC(O)CCCCC)C2C(=C1)C(C)(C)CCC2(C)C. The molecule has 0 bridgehead atoms. The van der Waals surface area contributed by atoms with Crippen LogP contribution < -0.4 is 5.48 Å². The van der Waals surface area contributed by atoms with E-state index in [1.807, 2.05) is 18.2 Å². The Labute approximate surface area is 233 Å². The molecule has 0 aromatic heterocycles. The van der Waals surface area contributed by atoms with E-state index in [0.29, 0.717) is 24.1 Å². The maximum Gasteiger partial charge on any atom is 0.363 e. The van der Waals surface area contributed by atoms with Gasteiger partial charge in [-0.15, -0.1) is 6.58 Å². The van der Waals surface area contributed by atoms with Crippen molar-refractivity contribution in [2.24, 2.45) is 21.9 Å². The largest absolute Gasteiger partial charge is 0.364 e. The Bertz CT molecular complexity index is 1140. The average molecular weight is 537 g/mol. The Hall–Kier alpha value is -3.19. The first kappa shape index (κ1) is 30.4. The van der Waals surface area contributed by atoms with Crippen LogP contribution in [-0.2, 0) is 20.9 Å². The fraction of sp³-hybridized carbons (Fsp3) is 0.531. The molecule has 2 aliphatic carbocycles. The van der Waals surface area contributed by atoms with E-state index in [4.69, 9.17) is 9.68 Å². The summed E-state index contributed by atoms with van der Waals surface area (Å²) in [5.41, 5.74) is 5.97. The summed E-state index contributed by atoms with van der Waals surface area (Å²) < 4.78 is 0. The van der Waals surface area contributed by atoms with Gasteiger partial charge in [-0.05, 0) is 59.8 Å². The number of nitrogens with one attached hydrogen (secondary N) is 1. The lowest BCUT2D eigenvalue weighted by molar-refractivity contribution is -0.129. The normalized spacial score (nSPS) is 21.2. The van der Waals surface area contributed by atoms with E-state index in [9.17, 15) is 14.7 Å². The van der Waals surface area contributed by atoms with E-state index in [0.717, 1.165) is 43.2 Å². The fourth-order valence-corrected chi connectivity index (χ4v) is 5.45. The molecular formula is C32H44N2O5. The van der Waals surface area contributed by atoms with E-state index in [1.165, 1.54) is 5.57 Å². The van der Waals surface area contributed by atoms with Gasteiger partial charge in [-0.1, -0.05) is 88.5 Å². The molecule has 2 atom stereocenters. The highest BCUT2D eigenvalue weighted by Gasteiger charge is 2.47. The highest BCUT2D eigenvalue weighted by molar-refractivity contribution is 6.02. The number of hydrogen-bond acceptors (Lipinski definition) is 6. The van der Waals surface area contributed by atoms with Gasteiger partial charge < -0.3 is 14.8 Å². The number of hydrogen-bond donors (Lipinski definition) is 2. The summed E-state index contributed by atoms with van der Waals surface area (Å²) in [5.74, 6) is -1.06. The second-order valence-electron chi connectivity index (χ2n) is 11.9. The molecule has 7 nitrogen and oxygen atoms in total. The number of benzene rings is 1. The van der Waals surface area contributed by atoms with Gasteiger partial charge in [0.1, 0.15) is 0 Å². The fourth-order valence-electron chi connectivity index (χ4n) is 5.45. The summed E-state index contributed by atoms with van der Waals surface area (Å²) in [6.45, 7) is 14.7. The molecule has 1 aromatic rings. The quantitative estimate of drug-likeness (QED) is 0.144. The van der Waals surface area contributed by atoms with Crippen molar-refractivity contribution in [2.45, 2.75) is 92.3 Å². The molecule has 0 heterocycles. The predicted octanol–water partition coefficient (Wildman–Crippen LogP) is 6.59. The van der Waals surface area contributed by atoms with Gasteiger partial charge in [0, 0.05) is 12.3 Å². The van der Waals surface area contributed by atoms with E-state index in [2.05, 4.69) is 57.9 Å². The minimum absolute atomic E-state index is 0.00634. The molecule has 39 heavy (non-hydrogen) atoms. The molecule has 1 saturated carbocycles. The van der Waals surface area contributed by atoms with Crippen molar-refractivity contribution >= 4 is 17.6 Å². The van der Waals surface area contributed by atoms with Gasteiger partial charge in [0.05, 0.1) is 17.7 Å². The van der Waals surface area contributed by atoms with E-state index in [1.54, 1.807) is 18.2 Å². The Balaban J connectivity index is 1.77. The zero-order chi connectivity index (χ0) is 28.6. The summed E-state index contributed by atoms with van der Waals surface area (Å²) in [6, 6.07) is 7.07. The standard InChI is InChI=1S/C32H44N2O5/c1-7-9-10-16-28(36)38-33-26-20-22(19-25-29(26)32(5,6)18-17-31(25,3)4)21-27(35)34-39-30(37)24-15-12-11-14-23(24)13-8-2/h8,11-12,14-15,19-20,28-29,36H,2,7,9-10,13,16-18,21H2,1,3-6H3,(H,34,35). The minimum atomic E-state index is -0.971. The van der Waals surface area contributed by atoms with Gasteiger partial charge in [0.25, 0.3) is 5.91 Å². The Morgan fingerprint density at radius 3 is 2.64 bits per heavy atom. The second-order valence-corrected chi connectivity index (χ2v) is 11.9. The molecule has 0 spiro atoms. The van der Waals surface area contributed by atoms with Gasteiger partial charge >= 0.3 is 5.97 Å². The van der Waals surface area contributed by atoms with Crippen LogP contribution in [0.5, 0.6) is 0 Å². The molecule has 0 saturated heterocycles. The summed E-state index contributed by atoms with van der Waals surface area (Å²) in [4.78, 5) is 36.1. The van der Waals surface area contributed by atoms with E-state index in [-0.39, 0.29) is 23.2 Å². The van der Waals surface area contributed by atoms with Gasteiger partial charge in [-0.25, -0.2) is 4.79 Å². The maximum atomic E-state index is 12.8.